The topological polar surface area (TPSA) is 64.7 Å². The van der Waals surface area contributed by atoms with Crippen LogP contribution in [0.4, 0.5) is 0 Å². The fourth-order valence-corrected chi connectivity index (χ4v) is 1.72. The molecule has 108 valence electrons. The molecule has 1 unspecified atom stereocenters. The molecule has 3 N–H and O–H groups in total. The molecule has 0 amide bonds. The standard InChI is InChI=1S/C15H25NO3/c1-15(17,12-16)9-3-10-19-14-6-4-13(5-7-14)8-11-18-2/h4-7,17H,3,8-12,16H2,1-2H3. The second kappa shape index (κ2) is 8.15. The molecule has 0 aliphatic carbocycles. The van der Waals surface area contributed by atoms with Crippen LogP contribution in [0.1, 0.15) is 25.3 Å². The van der Waals surface area contributed by atoms with Crippen molar-refractivity contribution in [2.45, 2.75) is 31.8 Å². The molecule has 19 heavy (non-hydrogen) atoms. The van der Waals surface area contributed by atoms with Gasteiger partial charge in [0.15, 0.2) is 0 Å². The molecule has 4 nitrogen and oxygen atoms in total. The Bertz CT molecular complexity index is 349. The van der Waals surface area contributed by atoms with Crippen LogP contribution in [0.5, 0.6) is 5.75 Å². The lowest BCUT2D eigenvalue weighted by Gasteiger charge is -2.20. The van der Waals surface area contributed by atoms with Gasteiger partial charge in [0, 0.05) is 13.7 Å². The summed E-state index contributed by atoms with van der Waals surface area (Å²) in [7, 11) is 1.70. The monoisotopic (exact) mass is 267 g/mol. The Hall–Kier alpha value is -1.10. The van der Waals surface area contributed by atoms with Crippen LogP contribution in [0.3, 0.4) is 0 Å². The number of hydrogen-bond donors (Lipinski definition) is 2. The summed E-state index contributed by atoms with van der Waals surface area (Å²) < 4.78 is 10.7. The molecule has 1 atom stereocenters. The number of aliphatic hydroxyl groups is 1. The molecule has 1 aromatic rings. The van der Waals surface area contributed by atoms with E-state index in [9.17, 15) is 5.11 Å². The van der Waals surface area contributed by atoms with Crippen LogP contribution >= 0.6 is 0 Å². The third-order valence-electron chi connectivity index (χ3n) is 3.09. The molecule has 0 bridgehead atoms. The predicted molar refractivity (Wildman–Crippen MR) is 76.4 cm³/mol. The largest absolute Gasteiger partial charge is 0.494 e. The normalized spacial score (nSPS) is 14.1. The van der Waals surface area contributed by atoms with Crippen molar-refractivity contribution in [3.63, 3.8) is 0 Å². The first-order valence-corrected chi connectivity index (χ1v) is 6.70. The Morgan fingerprint density at radius 2 is 1.89 bits per heavy atom. The fourth-order valence-electron chi connectivity index (χ4n) is 1.72. The van der Waals surface area contributed by atoms with Gasteiger partial charge in [-0.3, -0.25) is 0 Å². The highest BCUT2D eigenvalue weighted by Crippen LogP contribution is 2.15. The molecular formula is C15H25NO3. The lowest BCUT2D eigenvalue weighted by Crippen LogP contribution is -2.34. The lowest BCUT2D eigenvalue weighted by atomic mass is 10.0. The van der Waals surface area contributed by atoms with Gasteiger partial charge >= 0.3 is 0 Å². The number of rotatable bonds is 9. The Balaban J connectivity index is 2.26. The van der Waals surface area contributed by atoms with Crippen molar-refractivity contribution in [1.29, 1.82) is 0 Å². The van der Waals surface area contributed by atoms with Gasteiger partial charge in [-0.1, -0.05) is 12.1 Å². The van der Waals surface area contributed by atoms with E-state index in [0.717, 1.165) is 25.2 Å². The van der Waals surface area contributed by atoms with Gasteiger partial charge in [0.1, 0.15) is 5.75 Å². The third-order valence-corrected chi connectivity index (χ3v) is 3.09. The van der Waals surface area contributed by atoms with Crippen LogP contribution in [0.25, 0.3) is 0 Å². The number of methoxy groups -OCH3 is 1. The van der Waals surface area contributed by atoms with Crippen molar-refractivity contribution in [3.8, 4) is 5.75 Å². The molecule has 0 aromatic heterocycles. The van der Waals surface area contributed by atoms with Gasteiger partial charge in [-0.05, 0) is 43.9 Å². The summed E-state index contributed by atoms with van der Waals surface area (Å²) in [6.07, 6.45) is 2.35. The Labute approximate surface area is 115 Å². The van der Waals surface area contributed by atoms with Crippen molar-refractivity contribution in [2.24, 2.45) is 5.73 Å². The van der Waals surface area contributed by atoms with E-state index in [0.29, 0.717) is 13.0 Å². The van der Waals surface area contributed by atoms with Gasteiger partial charge in [0.25, 0.3) is 0 Å². The number of nitrogens with two attached hydrogens (primary N) is 1. The zero-order chi connectivity index (χ0) is 14.1. The van der Waals surface area contributed by atoms with E-state index in [1.54, 1.807) is 14.0 Å². The number of ether oxygens (including phenoxy) is 2. The molecule has 0 radical (unpaired) electrons. The van der Waals surface area contributed by atoms with Crippen LogP contribution in [0.15, 0.2) is 24.3 Å². The maximum Gasteiger partial charge on any atom is 0.119 e. The molecule has 0 aliphatic heterocycles. The molecule has 0 heterocycles. The first-order chi connectivity index (χ1) is 9.07. The van der Waals surface area contributed by atoms with Crippen molar-refractivity contribution in [3.05, 3.63) is 29.8 Å². The smallest absolute Gasteiger partial charge is 0.119 e. The van der Waals surface area contributed by atoms with E-state index < -0.39 is 5.60 Å². The highest BCUT2D eigenvalue weighted by molar-refractivity contribution is 5.27. The van der Waals surface area contributed by atoms with Crippen LogP contribution in [-0.2, 0) is 11.2 Å². The van der Waals surface area contributed by atoms with E-state index in [4.69, 9.17) is 15.2 Å². The molecule has 0 saturated carbocycles. The maximum absolute atomic E-state index is 9.75. The molecule has 1 rings (SSSR count). The van der Waals surface area contributed by atoms with Crippen LogP contribution in [-0.4, -0.2) is 37.6 Å². The first-order valence-electron chi connectivity index (χ1n) is 6.70. The molecule has 0 spiro atoms. The number of hydrogen-bond acceptors (Lipinski definition) is 4. The summed E-state index contributed by atoms with van der Waals surface area (Å²) >= 11 is 0. The van der Waals surface area contributed by atoms with Gasteiger partial charge < -0.3 is 20.3 Å². The van der Waals surface area contributed by atoms with Gasteiger partial charge in [-0.15, -0.1) is 0 Å². The zero-order valence-electron chi connectivity index (χ0n) is 11.9. The van der Waals surface area contributed by atoms with Crippen LogP contribution in [0.2, 0.25) is 0 Å². The summed E-state index contributed by atoms with van der Waals surface area (Å²) in [5.41, 5.74) is 5.91. The van der Waals surface area contributed by atoms with E-state index in [-0.39, 0.29) is 6.54 Å². The quantitative estimate of drug-likeness (QED) is 0.669. The zero-order valence-corrected chi connectivity index (χ0v) is 11.9. The average Bonchev–Trinajstić information content (AvgIpc) is 2.42. The minimum atomic E-state index is -0.784. The summed E-state index contributed by atoms with van der Waals surface area (Å²) in [5.74, 6) is 0.855. The minimum absolute atomic E-state index is 0.279. The molecule has 0 fully saturated rings. The summed E-state index contributed by atoms with van der Waals surface area (Å²) in [6, 6.07) is 8.02. The SMILES string of the molecule is COCCc1ccc(OCCCC(C)(O)CN)cc1. The van der Waals surface area contributed by atoms with Crippen LogP contribution in [0, 0.1) is 0 Å². The summed E-state index contributed by atoms with van der Waals surface area (Å²) in [6.45, 7) is 3.35. The van der Waals surface area contributed by atoms with Gasteiger partial charge in [-0.25, -0.2) is 0 Å². The molecule has 0 aliphatic rings. The van der Waals surface area contributed by atoms with Crippen molar-refractivity contribution in [1.82, 2.24) is 0 Å². The van der Waals surface area contributed by atoms with E-state index in [1.807, 2.05) is 24.3 Å². The Morgan fingerprint density at radius 3 is 2.47 bits per heavy atom. The van der Waals surface area contributed by atoms with Crippen molar-refractivity contribution in [2.75, 3.05) is 26.9 Å². The molecular weight excluding hydrogens is 242 g/mol. The van der Waals surface area contributed by atoms with Crippen molar-refractivity contribution >= 4 is 0 Å². The van der Waals surface area contributed by atoms with E-state index >= 15 is 0 Å². The van der Waals surface area contributed by atoms with Gasteiger partial charge in [0.2, 0.25) is 0 Å². The predicted octanol–water partition coefficient (Wildman–Crippen LogP) is 1.74. The Kier molecular flexibility index (Phi) is 6.84. The second-order valence-electron chi connectivity index (χ2n) is 5.04. The van der Waals surface area contributed by atoms with Gasteiger partial charge in [0.05, 0.1) is 18.8 Å². The minimum Gasteiger partial charge on any atom is -0.494 e. The Morgan fingerprint density at radius 1 is 1.21 bits per heavy atom. The average molecular weight is 267 g/mol. The first kappa shape index (κ1) is 16.0. The van der Waals surface area contributed by atoms with E-state index in [1.165, 1.54) is 5.56 Å². The lowest BCUT2D eigenvalue weighted by molar-refractivity contribution is 0.0536. The summed E-state index contributed by atoms with van der Waals surface area (Å²) in [5, 5.41) is 9.75. The highest BCUT2D eigenvalue weighted by Gasteiger charge is 2.16. The number of benzene rings is 1. The van der Waals surface area contributed by atoms with E-state index in [2.05, 4.69) is 0 Å². The van der Waals surface area contributed by atoms with Crippen LogP contribution < -0.4 is 10.5 Å². The van der Waals surface area contributed by atoms with Crippen molar-refractivity contribution < 1.29 is 14.6 Å². The second-order valence-corrected chi connectivity index (χ2v) is 5.04. The van der Waals surface area contributed by atoms with Gasteiger partial charge in [-0.2, -0.15) is 0 Å². The molecule has 0 saturated heterocycles. The third kappa shape index (κ3) is 6.57. The molecule has 4 heteroatoms. The summed E-state index contributed by atoms with van der Waals surface area (Å²) in [4.78, 5) is 0. The maximum atomic E-state index is 9.75. The highest BCUT2D eigenvalue weighted by atomic mass is 16.5. The molecule has 1 aromatic carbocycles. The fraction of sp³-hybridized carbons (Fsp3) is 0.600.